The molecule has 4 heteroatoms. The molecule has 3 aromatic rings. The van der Waals surface area contributed by atoms with Gasteiger partial charge in [-0.25, -0.2) is 4.98 Å². The van der Waals surface area contributed by atoms with Crippen molar-refractivity contribution in [2.75, 3.05) is 11.4 Å². The van der Waals surface area contributed by atoms with Gasteiger partial charge in [-0.15, -0.1) is 0 Å². The van der Waals surface area contributed by atoms with Crippen LogP contribution in [0.3, 0.4) is 0 Å². The Bertz CT molecular complexity index is 811. The first kappa shape index (κ1) is 14.7. The Morgan fingerprint density at radius 2 is 1.88 bits per heavy atom. The van der Waals surface area contributed by atoms with E-state index in [2.05, 4.69) is 17.1 Å². The second-order valence-corrected chi connectivity index (χ2v) is 6.18. The van der Waals surface area contributed by atoms with Crippen molar-refractivity contribution in [1.29, 1.82) is 0 Å². The summed E-state index contributed by atoms with van der Waals surface area (Å²) in [7, 11) is 0. The smallest absolute Gasteiger partial charge is 0.227 e. The van der Waals surface area contributed by atoms with Crippen LogP contribution in [0.4, 0.5) is 5.69 Å². The molecule has 1 aliphatic rings. The molecule has 0 bridgehead atoms. The molecule has 0 unspecified atom stereocenters. The minimum Gasteiger partial charge on any atom is -0.444 e. The molecule has 4 rings (SSSR count). The summed E-state index contributed by atoms with van der Waals surface area (Å²) in [5.41, 5.74) is 3.25. The number of carbonyl (C=O) groups is 1. The number of hydrogen-bond acceptors (Lipinski definition) is 3. The predicted molar refractivity (Wildman–Crippen MR) is 92.5 cm³/mol. The Morgan fingerprint density at radius 1 is 1.08 bits per heavy atom. The van der Waals surface area contributed by atoms with Crippen molar-refractivity contribution in [3.05, 3.63) is 72.8 Å². The van der Waals surface area contributed by atoms with Gasteiger partial charge in [0.1, 0.15) is 0 Å². The molecule has 4 nitrogen and oxygen atoms in total. The van der Waals surface area contributed by atoms with E-state index < -0.39 is 0 Å². The van der Waals surface area contributed by atoms with Crippen molar-refractivity contribution >= 4 is 11.6 Å². The third kappa shape index (κ3) is 2.95. The van der Waals surface area contributed by atoms with E-state index in [9.17, 15) is 4.79 Å². The van der Waals surface area contributed by atoms with Crippen molar-refractivity contribution in [1.82, 2.24) is 4.98 Å². The maximum absolute atomic E-state index is 12.3. The van der Waals surface area contributed by atoms with Gasteiger partial charge < -0.3 is 9.32 Å². The molecule has 24 heavy (non-hydrogen) atoms. The van der Waals surface area contributed by atoms with Gasteiger partial charge >= 0.3 is 0 Å². The lowest BCUT2D eigenvalue weighted by Crippen LogP contribution is -2.24. The first-order valence-electron chi connectivity index (χ1n) is 8.13. The van der Waals surface area contributed by atoms with E-state index >= 15 is 0 Å². The van der Waals surface area contributed by atoms with Crippen LogP contribution in [0.15, 0.2) is 71.6 Å². The fourth-order valence-corrected chi connectivity index (χ4v) is 3.27. The Labute approximate surface area is 140 Å². The molecule has 0 radical (unpaired) electrons. The quantitative estimate of drug-likeness (QED) is 0.732. The third-order valence-corrected chi connectivity index (χ3v) is 4.47. The van der Waals surface area contributed by atoms with Crippen molar-refractivity contribution in [3.63, 3.8) is 0 Å². The van der Waals surface area contributed by atoms with Crippen molar-refractivity contribution in [2.24, 2.45) is 5.92 Å². The van der Waals surface area contributed by atoms with Gasteiger partial charge in [-0.1, -0.05) is 42.5 Å². The summed E-state index contributed by atoms with van der Waals surface area (Å²) >= 11 is 0. The van der Waals surface area contributed by atoms with Crippen LogP contribution in [0.25, 0.3) is 11.3 Å². The lowest BCUT2D eigenvalue weighted by Gasteiger charge is -2.16. The zero-order valence-corrected chi connectivity index (χ0v) is 13.3. The summed E-state index contributed by atoms with van der Waals surface area (Å²) in [6.07, 6.45) is 4.67. The zero-order valence-electron chi connectivity index (χ0n) is 13.3. The van der Waals surface area contributed by atoms with Gasteiger partial charge in [-0.3, -0.25) is 4.79 Å². The predicted octanol–water partition coefficient (Wildman–Crippen LogP) is 3.94. The summed E-state index contributed by atoms with van der Waals surface area (Å²) in [6, 6.07) is 18.2. The summed E-state index contributed by atoms with van der Waals surface area (Å²) < 4.78 is 5.31. The first-order chi connectivity index (χ1) is 11.8. The van der Waals surface area contributed by atoms with E-state index in [1.807, 2.05) is 47.4 Å². The Balaban J connectivity index is 1.44. The molecule has 1 saturated heterocycles. The van der Waals surface area contributed by atoms with Gasteiger partial charge in [0.15, 0.2) is 12.2 Å². The number of aromatic nitrogens is 1. The van der Waals surface area contributed by atoms with Crippen LogP contribution >= 0.6 is 0 Å². The summed E-state index contributed by atoms with van der Waals surface area (Å²) in [4.78, 5) is 18.1. The number of benzene rings is 2. The molecule has 1 aliphatic heterocycles. The molecule has 0 saturated carbocycles. The van der Waals surface area contributed by atoms with Gasteiger partial charge in [0.2, 0.25) is 5.91 Å². The number of rotatable bonds is 4. The lowest BCUT2D eigenvalue weighted by molar-refractivity contribution is -0.117. The number of para-hydroxylation sites is 1. The second kappa shape index (κ2) is 6.32. The summed E-state index contributed by atoms with van der Waals surface area (Å²) in [6.45, 7) is 0.784. The van der Waals surface area contributed by atoms with Gasteiger partial charge in [-0.2, -0.15) is 0 Å². The first-order valence-corrected chi connectivity index (χ1v) is 8.13. The van der Waals surface area contributed by atoms with Gasteiger partial charge in [-0.05, 0) is 30.0 Å². The van der Waals surface area contributed by atoms with Crippen LogP contribution in [-0.2, 0) is 11.2 Å². The fraction of sp³-hybridized carbons (Fsp3) is 0.200. The van der Waals surface area contributed by atoms with E-state index in [1.165, 1.54) is 12.0 Å². The molecule has 0 spiro atoms. The number of hydrogen-bond donors (Lipinski definition) is 0. The SMILES string of the molecule is O=C1C[C@@H](Cc2ccc(-c3cnco3)cc2)CN1c1ccccc1. The number of anilines is 1. The molecule has 1 fully saturated rings. The molecular formula is C20H18N2O2. The highest BCUT2D eigenvalue weighted by atomic mass is 16.3. The van der Waals surface area contributed by atoms with Crippen molar-refractivity contribution in [3.8, 4) is 11.3 Å². The van der Waals surface area contributed by atoms with E-state index in [-0.39, 0.29) is 5.91 Å². The standard InChI is InChI=1S/C20H18N2O2/c23-20-11-16(13-22(20)18-4-2-1-3-5-18)10-15-6-8-17(9-7-15)19-12-21-14-24-19/h1-9,12,14,16H,10-11,13H2/t16-/m1/s1. The third-order valence-electron chi connectivity index (χ3n) is 4.47. The molecule has 1 aromatic heterocycles. The topological polar surface area (TPSA) is 46.3 Å². The summed E-state index contributed by atoms with van der Waals surface area (Å²) in [5, 5.41) is 0. The minimum atomic E-state index is 0.212. The lowest BCUT2D eigenvalue weighted by atomic mass is 9.97. The molecule has 120 valence electrons. The molecule has 0 N–H and O–H groups in total. The fourth-order valence-electron chi connectivity index (χ4n) is 3.27. The Morgan fingerprint density at radius 3 is 2.58 bits per heavy atom. The maximum Gasteiger partial charge on any atom is 0.227 e. The zero-order chi connectivity index (χ0) is 16.4. The minimum absolute atomic E-state index is 0.212. The van der Waals surface area contributed by atoms with Crippen molar-refractivity contribution < 1.29 is 9.21 Å². The van der Waals surface area contributed by atoms with E-state index in [0.29, 0.717) is 12.3 Å². The normalized spacial score (nSPS) is 17.4. The maximum atomic E-state index is 12.3. The Hall–Kier alpha value is -2.88. The molecule has 2 aromatic carbocycles. The van der Waals surface area contributed by atoms with Gasteiger partial charge in [0.25, 0.3) is 0 Å². The monoisotopic (exact) mass is 318 g/mol. The average Bonchev–Trinajstić information content (AvgIpc) is 3.26. The number of amides is 1. The highest BCUT2D eigenvalue weighted by Crippen LogP contribution is 2.28. The molecule has 2 heterocycles. The number of nitrogens with zero attached hydrogens (tertiary/aromatic N) is 2. The van der Waals surface area contributed by atoms with Crippen LogP contribution in [-0.4, -0.2) is 17.4 Å². The molecular weight excluding hydrogens is 300 g/mol. The summed E-state index contributed by atoms with van der Waals surface area (Å²) in [5.74, 6) is 1.34. The van der Waals surface area contributed by atoms with Gasteiger partial charge in [0.05, 0.1) is 6.20 Å². The molecule has 0 aliphatic carbocycles. The van der Waals surface area contributed by atoms with E-state index in [0.717, 1.165) is 30.0 Å². The van der Waals surface area contributed by atoms with Crippen molar-refractivity contribution in [2.45, 2.75) is 12.8 Å². The highest BCUT2D eigenvalue weighted by molar-refractivity contribution is 5.95. The van der Waals surface area contributed by atoms with Crippen LogP contribution in [0, 0.1) is 5.92 Å². The van der Waals surface area contributed by atoms with E-state index in [1.54, 1.807) is 6.20 Å². The number of carbonyl (C=O) groups excluding carboxylic acids is 1. The van der Waals surface area contributed by atoms with Crippen LogP contribution in [0.2, 0.25) is 0 Å². The van der Waals surface area contributed by atoms with Crippen LogP contribution < -0.4 is 4.90 Å². The van der Waals surface area contributed by atoms with E-state index in [4.69, 9.17) is 4.42 Å². The number of oxazole rings is 1. The largest absolute Gasteiger partial charge is 0.444 e. The molecule has 1 amide bonds. The second-order valence-electron chi connectivity index (χ2n) is 6.18. The highest BCUT2D eigenvalue weighted by Gasteiger charge is 2.30. The van der Waals surface area contributed by atoms with Gasteiger partial charge in [0, 0.05) is 24.2 Å². The average molecular weight is 318 g/mol. The van der Waals surface area contributed by atoms with Crippen LogP contribution in [0.1, 0.15) is 12.0 Å². The molecule has 1 atom stereocenters. The van der Waals surface area contributed by atoms with Crippen LogP contribution in [0.5, 0.6) is 0 Å². The Kier molecular flexibility index (Phi) is 3.87.